The molecule has 62 heavy (non-hydrogen) atoms. The molecule has 1 aliphatic carbocycles. The van der Waals surface area contributed by atoms with E-state index in [0.29, 0.717) is 0 Å². The Morgan fingerprint density at radius 3 is 1.56 bits per heavy atom. The van der Waals surface area contributed by atoms with Crippen LogP contribution in [0.25, 0.3) is 141 Å². The van der Waals surface area contributed by atoms with E-state index in [1.54, 1.807) is 0 Å². The normalized spacial score (nSPS) is 12.3. The first-order chi connectivity index (χ1) is 30.7. The van der Waals surface area contributed by atoms with E-state index < -0.39 is 0 Å². The van der Waals surface area contributed by atoms with Crippen molar-refractivity contribution in [2.24, 2.45) is 0 Å². The van der Waals surface area contributed by atoms with E-state index in [1.165, 1.54) is 146 Å². The number of hydrogen-bond acceptors (Lipinski definition) is 1. The monoisotopic (exact) mass is 800 g/mol. The van der Waals surface area contributed by atoms with Gasteiger partial charge in [-0.1, -0.05) is 175 Å². The minimum atomic E-state index is 1.24. The van der Waals surface area contributed by atoms with E-state index in [1.807, 2.05) is 11.3 Å². The van der Waals surface area contributed by atoms with Gasteiger partial charge in [0.25, 0.3) is 0 Å². The molecule has 0 radical (unpaired) electrons. The molecule has 0 spiro atoms. The van der Waals surface area contributed by atoms with Gasteiger partial charge in [-0.25, -0.2) is 0 Å². The maximum Gasteiger partial charge on any atom is 0.0434 e. The Balaban J connectivity index is 1.07. The molecule has 12 aromatic carbocycles. The van der Waals surface area contributed by atoms with Gasteiger partial charge in [-0.15, -0.1) is 11.3 Å². The van der Waals surface area contributed by atoms with Crippen molar-refractivity contribution in [3.63, 3.8) is 0 Å². The Labute approximate surface area is 362 Å². The van der Waals surface area contributed by atoms with Crippen LogP contribution in [0.4, 0.5) is 0 Å². The summed E-state index contributed by atoms with van der Waals surface area (Å²) in [6.07, 6.45) is 0. The third-order valence-corrected chi connectivity index (χ3v) is 15.0. The van der Waals surface area contributed by atoms with Gasteiger partial charge in [0.1, 0.15) is 0 Å². The first-order valence-corrected chi connectivity index (χ1v) is 22.4. The van der Waals surface area contributed by atoms with Crippen molar-refractivity contribution >= 4 is 85.4 Å². The van der Waals surface area contributed by atoms with Crippen LogP contribution >= 0.6 is 11.3 Å². The van der Waals surface area contributed by atoms with Crippen molar-refractivity contribution in [1.82, 2.24) is 0 Å². The van der Waals surface area contributed by atoms with Crippen molar-refractivity contribution in [2.45, 2.75) is 6.92 Å². The van der Waals surface area contributed by atoms with Gasteiger partial charge in [-0.3, -0.25) is 0 Å². The zero-order valence-corrected chi connectivity index (χ0v) is 34.8. The van der Waals surface area contributed by atoms with Crippen LogP contribution in [0.15, 0.2) is 200 Å². The molecule has 1 heteroatoms. The fourth-order valence-corrected chi connectivity index (χ4v) is 12.3. The fourth-order valence-electron chi connectivity index (χ4n) is 11.1. The smallest absolute Gasteiger partial charge is 0.0434 e. The van der Waals surface area contributed by atoms with Gasteiger partial charge in [0.2, 0.25) is 0 Å². The molecule has 14 rings (SSSR count). The molecule has 1 heterocycles. The van der Waals surface area contributed by atoms with E-state index in [-0.39, 0.29) is 0 Å². The van der Waals surface area contributed by atoms with E-state index >= 15 is 0 Å². The number of rotatable bonds is 4. The predicted octanol–water partition coefficient (Wildman–Crippen LogP) is 17.9. The molecule has 0 saturated carbocycles. The second-order valence-electron chi connectivity index (χ2n) is 17.2. The predicted molar refractivity (Wildman–Crippen MR) is 269 cm³/mol. The Bertz CT molecular complexity index is 3950. The Morgan fingerprint density at radius 1 is 0.290 bits per heavy atom. The molecule has 1 aliphatic rings. The van der Waals surface area contributed by atoms with Crippen LogP contribution in [-0.2, 0) is 0 Å². The standard InChI is InChI=1S/C61H36S/c1-35-21-23-39(24-22-35)57-48-17-6-5-16-47(48)56(36-11-3-2-4-12-36)59-49-19-10-18-46-44(29-30-50(58(46)49)60(57)59)51-33-43(34-52-45-15-7-8-20-53(45)62-61(51)52)42-31-40-27-25-37-13-9-14-38-26-28-41(32-42)55(40)54(37)38/h2-34H,1H3. The second-order valence-corrected chi connectivity index (χ2v) is 18.2. The van der Waals surface area contributed by atoms with E-state index in [4.69, 9.17) is 0 Å². The fraction of sp³-hybridized carbons (Fsp3) is 0.0164. The zero-order chi connectivity index (χ0) is 40.6. The van der Waals surface area contributed by atoms with Crippen molar-refractivity contribution in [3.05, 3.63) is 206 Å². The molecule has 286 valence electrons. The second kappa shape index (κ2) is 12.7. The molecule has 13 aromatic rings. The summed E-state index contributed by atoms with van der Waals surface area (Å²) in [6.45, 7) is 2.18. The summed E-state index contributed by atoms with van der Waals surface area (Å²) >= 11 is 1.92. The molecule has 0 amide bonds. The van der Waals surface area contributed by atoms with Crippen LogP contribution < -0.4 is 0 Å². The lowest BCUT2D eigenvalue weighted by Crippen LogP contribution is -1.93. The van der Waals surface area contributed by atoms with Crippen LogP contribution in [0.3, 0.4) is 0 Å². The summed E-state index contributed by atoms with van der Waals surface area (Å²) in [5.41, 5.74) is 16.7. The quantitative estimate of drug-likeness (QED) is 0.156. The summed E-state index contributed by atoms with van der Waals surface area (Å²) in [5.74, 6) is 0. The van der Waals surface area contributed by atoms with Gasteiger partial charge in [0.15, 0.2) is 0 Å². The molecule has 0 fully saturated rings. The number of aryl methyl sites for hydroxylation is 1. The van der Waals surface area contributed by atoms with Crippen molar-refractivity contribution in [1.29, 1.82) is 0 Å². The van der Waals surface area contributed by atoms with Crippen LogP contribution in [0.1, 0.15) is 5.56 Å². The van der Waals surface area contributed by atoms with Crippen LogP contribution in [0, 0.1) is 6.92 Å². The average Bonchev–Trinajstić information content (AvgIpc) is 3.87. The van der Waals surface area contributed by atoms with Gasteiger partial charge >= 0.3 is 0 Å². The van der Waals surface area contributed by atoms with Crippen molar-refractivity contribution in [2.75, 3.05) is 0 Å². The highest BCUT2D eigenvalue weighted by Gasteiger charge is 2.31. The van der Waals surface area contributed by atoms with Gasteiger partial charge < -0.3 is 0 Å². The third-order valence-electron chi connectivity index (χ3n) is 13.8. The summed E-state index contributed by atoms with van der Waals surface area (Å²) in [5, 5.41) is 15.7. The first-order valence-electron chi connectivity index (χ1n) is 21.6. The molecule has 0 aliphatic heterocycles. The molecule has 1 aromatic heterocycles. The van der Waals surface area contributed by atoms with Crippen LogP contribution in [-0.4, -0.2) is 0 Å². The van der Waals surface area contributed by atoms with E-state index in [2.05, 4.69) is 207 Å². The minimum absolute atomic E-state index is 1.24. The highest BCUT2D eigenvalue weighted by atomic mass is 32.1. The summed E-state index contributed by atoms with van der Waals surface area (Å²) < 4.78 is 2.65. The molecule has 0 saturated heterocycles. The van der Waals surface area contributed by atoms with Crippen molar-refractivity contribution < 1.29 is 0 Å². The first kappa shape index (κ1) is 34.2. The molecule has 0 bridgehead atoms. The average molecular weight is 801 g/mol. The number of fused-ring (bicyclic) bond motifs is 7. The number of benzene rings is 12. The molecule has 0 unspecified atom stereocenters. The van der Waals surface area contributed by atoms with Gasteiger partial charge in [-0.2, -0.15) is 0 Å². The van der Waals surface area contributed by atoms with Gasteiger partial charge in [0, 0.05) is 25.7 Å². The topological polar surface area (TPSA) is 0 Å². The highest BCUT2D eigenvalue weighted by molar-refractivity contribution is 7.26. The molecule has 0 nitrogen and oxygen atoms in total. The van der Waals surface area contributed by atoms with Crippen LogP contribution in [0.2, 0.25) is 0 Å². The van der Waals surface area contributed by atoms with Crippen LogP contribution in [0.5, 0.6) is 0 Å². The van der Waals surface area contributed by atoms with Gasteiger partial charge in [-0.05, 0) is 152 Å². The maximum atomic E-state index is 2.48. The number of thiophene rings is 1. The lowest BCUT2D eigenvalue weighted by atomic mass is 9.82. The molecular weight excluding hydrogens is 765 g/mol. The molecule has 0 N–H and O–H groups in total. The Morgan fingerprint density at radius 2 is 0.839 bits per heavy atom. The Hall–Kier alpha value is -7.58. The Kier molecular flexibility index (Phi) is 7.01. The SMILES string of the molecule is Cc1ccc(-c2c3c(c(-c4ccccc4)c4ccccc24)-c2cccc4c(-c5cc(-c6cc7ccc8cccc9ccc(c6)c7c89)cc6c5sc5ccccc56)ccc-3c24)cc1. The van der Waals surface area contributed by atoms with E-state index in [9.17, 15) is 0 Å². The largest absolute Gasteiger partial charge is 0.135 e. The lowest BCUT2D eigenvalue weighted by molar-refractivity contribution is 1.47. The minimum Gasteiger partial charge on any atom is -0.135 e. The lowest BCUT2D eigenvalue weighted by Gasteiger charge is -2.20. The molecule has 0 atom stereocenters. The number of hydrogen-bond donors (Lipinski definition) is 0. The maximum absolute atomic E-state index is 2.48. The van der Waals surface area contributed by atoms with E-state index in [0.717, 1.165) is 0 Å². The zero-order valence-electron chi connectivity index (χ0n) is 34.0. The summed E-state index contributed by atoms with van der Waals surface area (Å²) in [7, 11) is 0. The third kappa shape index (κ3) is 4.72. The highest BCUT2D eigenvalue weighted by Crippen LogP contribution is 2.59. The summed E-state index contributed by atoms with van der Waals surface area (Å²) in [4.78, 5) is 0. The van der Waals surface area contributed by atoms with Crippen molar-refractivity contribution in [3.8, 4) is 66.8 Å². The summed E-state index contributed by atoms with van der Waals surface area (Å²) in [6, 6.07) is 75.7. The molecular formula is C61H36S. The van der Waals surface area contributed by atoms with Gasteiger partial charge in [0.05, 0.1) is 0 Å².